The predicted molar refractivity (Wildman–Crippen MR) is 34.4 cm³/mol. The van der Waals surface area contributed by atoms with Crippen LogP contribution in [0.1, 0.15) is 33.1 Å². The molecule has 0 aliphatic carbocycles. The molecular weight excluding hydrogens is 122 g/mol. The van der Waals surface area contributed by atoms with Crippen LogP contribution < -0.4 is 0 Å². The molecule has 9 heavy (non-hydrogen) atoms. The van der Waals surface area contributed by atoms with Crippen molar-refractivity contribution in [2.45, 2.75) is 39.0 Å². The molecule has 0 nitrogen and oxygen atoms in total. The van der Waals surface area contributed by atoms with Crippen LogP contribution in [0.25, 0.3) is 0 Å². The van der Waals surface area contributed by atoms with Crippen molar-refractivity contribution in [2.75, 3.05) is 0 Å². The topological polar surface area (TPSA) is 0 Å². The van der Waals surface area contributed by atoms with Crippen molar-refractivity contribution in [3.05, 3.63) is 6.42 Å². The Morgan fingerprint density at radius 2 is 2.00 bits per heavy atom. The van der Waals surface area contributed by atoms with Gasteiger partial charge in [0.15, 0.2) is 0 Å². The molecule has 0 saturated heterocycles. The average Bonchev–Trinajstić information content (AvgIpc) is 1.64. The van der Waals surface area contributed by atoms with E-state index in [-0.39, 0.29) is 12.8 Å². The standard InChI is InChI=1S/C7H13F2/c1-3-5-7(8,9)6-4-2/h3H,4-6H2,1-2H3. The summed E-state index contributed by atoms with van der Waals surface area (Å²) >= 11 is 0. The molecule has 0 aliphatic rings. The summed E-state index contributed by atoms with van der Waals surface area (Å²) < 4.78 is 24.8. The van der Waals surface area contributed by atoms with Gasteiger partial charge in [-0.1, -0.05) is 20.3 Å². The summed E-state index contributed by atoms with van der Waals surface area (Å²) in [6.45, 7) is 3.42. The highest BCUT2D eigenvalue weighted by Crippen LogP contribution is 2.24. The summed E-state index contributed by atoms with van der Waals surface area (Å²) in [6, 6.07) is 0. The van der Waals surface area contributed by atoms with Gasteiger partial charge in [0.05, 0.1) is 0 Å². The van der Waals surface area contributed by atoms with Crippen molar-refractivity contribution in [1.29, 1.82) is 0 Å². The SMILES string of the molecule is C[CH]CC(F)(F)CCC. The molecule has 0 unspecified atom stereocenters. The maximum absolute atomic E-state index is 12.4. The lowest BCUT2D eigenvalue weighted by molar-refractivity contribution is -0.00854. The zero-order valence-electron chi connectivity index (χ0n) is 5.95. The van der Waals surface area contributed by atoms with Gasteiger partial charge in [0.2, 0.25) is 5.92 Å². The minimum Gasteiger partial charge on any atom is -0.207 e. The zero-order valence-corrected chi connectivity index (χ0v) is 5.95. The first-order valence-electron chi connectivity index (χ1n) is 3.28. The quantitative estimate of drug-likeness (QED) is 0.555. The van der Waals surface area contributed by atoms with Crippen molar-refractivity contribution >= 4 is 0 Å². The second kappa shape index (κ2) is 3.80. The Morgan fingerprint density at radius 1 is 1.44 bits per heavy atom. The number of hydrogen-bond acceptors (Lipinski definition) is 0. The van der Waals surface area contributed by atoms with E-state index in [9.17, 15) is 8.78 Å². The Bertz CT molecular complexity index is 61.3. The third-order valence-corrected chi connectivity index (χ3v) is 1.12. The predicted octanol–water partition coefficient (Wildman–Crippen LogP) is 3.04. The van der Waals surface area contributed by atoms with Gasteiger partial charge < -0.3 is 0 Å². The van der Waals surface area contributed by atoms with E-state index in [1.165, 1.54) is 6.42 Å². The lowest BCUT2D eigenvalue weighted by Gasteiger charge is -2.12. The molecule has 0 atom stereocenters. The Morgan fingerprint density at radius 3 is 2.33 bits per heavy atom. The molecule has 0 fully saturated rings. The molecule has 0 N–H and O–H groups in total. The Labute approximate surface area is 55.3 Å². The maximum atomic E-state index is 12.4. The fourth-order valence-electron chi connectivity index (χ4n) is 0.766. The molecule has 0 heterocycles. The van der Waals surface area contributed by atoms with Crippen molar-refractivity contribution in [1.82, 2.24) is 0 Å². The monoisotopic (exact) mass is 135 g/mol. The Balaban J connectivity index is 3.43. The van der Waals surface area contributed by atoms with Crippen LogP contribution >= 0.6 is 0 Å². The minimum atomic E-state index is -2.45. The Hall–Kier alpha value is -0.140. The summed E-state index contributed by atoms with van der Waals surface area (Å²) in [7, 11) is 0. The van der Waals surface area contributed by atoms with Crippen LogP contribution in [0.4, 0.5) is 8.78 Å². The lowest BCUT2D eigenvalue weighted by atomic mass is 10.1. The fourth-order valence-corrected chi connectivity index (χ4v) is 0.766. The minimum absolute atomic E-state index is 0.0112. The molecule has 0 amide bonds. The normalized spacial score (nSPS) is 12.0. The van der Waals surface area contributed by atoms with Crippen molar-refractivity contribution in [3.63, 3.8) is 0 Å². The molecule has 2 heteroatoms. The van der Waals surface area contributed by atoms with Gasteiger partial charge >= 0.3 is 0 Å². The molecule has 0 aromatic rings. The molecule has 55 valence electrons. The van der Waals surface area contributed by atoms with Crippen molar-refractivity contribution in [2.24, 2.45) is 0 Å². The number of halogens is 2. The van der Waals surface area contributed by atoms with Crippen LogP contribution in [0.5, 0.6) is 0 Å². The summed E-state index contributed by atoms with van der Waals surface area (Å²) in [5.41, 5.74) is 0. The van der Waals surface area contributed by atoms with E-state index in [2.05, 4.69) is 0 Å². The third kappa shape index (κ3) is 4.37. The molecule has 0 bridgehead atoms. The lowest BCUT2D eigenvalue weighted by Crippen LogP contribution is -2.14. The van der Waals surface area contributed by atoms with E-state index in [4.69, 9.17) is 0 Å². The number of hydrogen-bond donors (Lipinski definition) is 0. The summed E-state index contributed by atoms with van der Waals surface area (Å²) in [4.78, 5) is 0. The van der Waals surface area contributed by atoms with Crippen LogP contribution in [-0.2, 0) is 0 Å². The van der Waals surface area contributed by atoms with Crippen LogP contribution in [-0.4, -0.2) is 5.92 Å². The highest BCUT2D eigenvalue weighted by atomic mass is 19.3. The fraction of sp³-hybridized carbons (Fsp3) is 0.857. The summed E-state index contributed by atoms with van der Waals surface area (Å²) in [6.07, 6.45) is 1.99. The molecule has 1 radical (unpaired) electrons. The van der Waals surface area contributed by atoms with Gasteiger partial charge in [-0.25, -0.2) is 8.78 Å². The maximum Gasteiger partial charge on any atom is 0.248 e. The van der Waals surface area contributed by atoms with E-state index in [0.717, 1.165) is 0 Å². The van der Waals surface area contributed by atoms with E-state index < -0.39 is 5.92 Å². The highest BCUT2D eigenvalue weighted by molar-refractivity contribution is 4.72. The summed E-state index contributed by atoms with van der Waals surface area (Å²) in [5, 5.41) is 0. The second-order valence-corrected chi connectivity index (χ2v) is 2.22. The average molecular weight is 135 g/mol. The van der Waals surface area contributed by atoms with E-state index in [0.29, 0.717) is 6.42 Å². The summed E-state index contributed by atoms with van der Waals surface area (Å²) in [5.74, 6) is -2.45. The third-order valence-electron chi connectivity index (χ3n) is 1.12. The van der Waals surface area contributed by atoms with Gasteiger partial charge in [0, 0.05) is 12.8 Å². The first-order valence-corrected chi connectivity index (χ1v) is 3.28. The van der Waals surface area contributed by atoms with Gasteiger partial charge in [-0.3, -0.25) is 0 Å². The smallest absolute Gasteiger partial charge is 0.207 e. The largest absolute Gasteiger partial charge is 0.248 e. The number of alkyl halides is 2. The van der Waals surface area contributed by atoms with E-state index in [1.807, 2.05) is 0 Å². The van der Waals surface area contributed by atoms with Crippen LogP contribution in [0.3, 0.4) is 0 Å². The van der Waals surface area contributed by atoms with Crippen LogP contribution in [0, 0.1) is 6.42 Å². The van der Waals surface area contributed by atoms with E-state index >= 15 is 0 Å². The van der Waals surface area contributed by atoms with Gasteiger partial charge in [-0.15, -0.1) is 0 Å². The molecule has 0 aromatic carbocycles. The molecule has 0 rings (SSSR count). The first kappa shape index (κ1) is 8.86. The van der Waals surface area contributed by atoms with Crippen molar-refractivity contribution < 1.29 is 8.78 Å². The molecule has 0 saturated carbocycles. The zero-order chi connectivity index (χ0) is 7.33. The van der Waals surface area contributed by atoms with Gasteiger partial charge in [0.25, 0.3) is 0 Å². The second-order valence-electron chi connectivity index (χ2n) is 2.22. The van der Waals surface area contributed by atoms with Crippen LogP contribution in [0.2, 0.25) is 0 Å². The van der Waals surface area contributed by atoms with Crippen molar-refractivity contribution in [3.8, 4) is 0 Å². The van der Waals surface area contributed by atoms with Gasteiger partial charge in [-0.2, -0.15) is 0 Å². The number of rotatable bonds is 4. The van der Waals surface area contributed by atoms with Crippen LogP contribution in [0.15, 0.2) is 0 Å². The Kier molecular flexibility index (Phi) is 3.75. The highest BCUT2D eigenvalue weighted by Gasteiger charge is 2.25. The molecule has 0 aromatic heterocycles. The first-order chi connectivity index (χ1) is 4.12. The van der Waals surface area contributed by atoms with E-state index in [1.54, 1.807) is 13.8 Å². The molecule has 0 spiro atoms. The van der Waals surface area contributed by atoms with Gasteiger partial charge in [-0.05, 0) is 6.42 Å². The molecular formula is C7H13F2. The van der Waals surface area contributed by atoms with Gasteiger partial charge in [0.1, 0.15) is 0 Å². The molecule has 0 aliphatic heterocycles.